The van der Waals surface area contributed by atoms with Crippen LogP contribution in [0.3, 0.4) is 0 Å². The molecular formula is C22H25N5O2S. The predicted molar refractivity (Wildman–Crippen MR) is 118 cm³/mol. The number of hydrogen-bond donors (Lipinski definition) is 1. The van der Waals surface area contributed by atoms with E-state index in [1.165, 1.54) is 5.57 Å². The van der Waals surface area contributed by atoms with Crippen LogP contribution in [0.15, 0.2) is 24.4 Å². The second-order valence-electron chi connectivity index (χ2n) is 7.85. The van der Waals surface area contributed by atoms with Crippen molar-refractivity contribution < 1.29 is 9.59 Å². The molecule has 30 heavy (non-hydrogen) atoms. The van der Waals surface area contributed by atoms with Gasteiger partial charge < -0.3 is 10.2 Å². The Kier molecular flexibility index (Phi) is 5.51. The first-order valence-corrected chi connectivity index (χ1v) is 10.6. The largest absolute Gasteiger partial charge is 0.338 e. The maximum Gasteiger partial charge on any atom is 0.246 e. The van der Waals surface area contributed by atoms with Crippen LogP contribution in [0.1, 0.15) is 41.4 Å². The lowest BCUT2D eigenvalue weighted by Crippen LogP contribution is -2.27. The topological polar surface area (TPSA) is 88.1 Å². The SMILES string of the molecule is C.Cc1nnc(C2=CC3CN(C(=O)/C=C/c4cnc5c(c4)CCC(=O)N5)CC3C2)s1. The Morgan fingerprint density at radius 1 is 1.30 bits per heavy atom. The second-order valence-corrected chi connectivity index (χ2v) is 9.03. The highest BCUT2D eigenvalue weighted by atomic mass is 32.1. The van der Waals surface area contributed by atoms with Crippen molar-refractivity contribution in [3.8, 4) is 0 Å². The molecule has 0 bridgehead atoms. The number of carbonyl (C=O) groups is 2. The lowest BCUT2D eigenvalue weighted by atomic mass is 10.00. The number of amides is 2. The fraction of sp³-hybridized carbons (Fsp3) is 0.409. The van der Waals surface area contributed by atoms with E-state index >= 15 is 0 Å². The van der Waals surface area contributed by atoms with E-state index in [1.807, 2.05) is 24.0 Å². The minimum Gasteiger partial charge on any atom is -0.338 e. The van der Waals surface area contributed by atoms with Gasteiger partial charge in [-0.2, -0.15) is 0 Å². The maximum atomic E-state index is 12.7. The van der Waals surface area contributed by atoms with Crippen molar-refractivity contribution in [3.05, 3.63) is 45.6 Å². The Hall–Kier alpha value is -2.87. The van der Waals surface area contributed by atoms with Gasteiger partial charge in [-0.3, -0.25) is 9.59 Å². The van der Waals surface area contributed by atoms with E-state index in [-0.39, 0.29) is 19.2 Å². The molecule has 1 aliphatic carbocycles. The number of aryl methyl sites for hydroxylation is 2. The van der Waals surface area contributed by atoms with E-state index in [0.29, 0.717) is 30.5 Å². The number of anilines is 1. The quantitative estimate of drug-likeness (QED) is 0.765. The normalized spacial score (nSPS) is 22.4. The first-order chi connectivity index (χ1) is 14.0. The van der Waals surface area contributed by atoms with Crippen LogP contribution in [0.5, 0.6) is 0 Å². The third-order valence-corrected chi connectivity index (χ3v) is 6.70. The van der Waals surface area contributed by atoms with Crippen molar-refractivity contribution >= 4 is 40.6 Å². The zero-order chi connectivity index (χ0) is 20.0. The minimum atomic E-state index is 0. The summed E-state index contributed by atoms with van der Waals surface area (Å²) in [6.45, 7) is 3.50. The molecule has 1 saturated heterocycles. The molecule has 1 fully saturated rings. The molecule has 0 spiro atoms. The van der Waals surface area contributed by atoms with Crippen LogP contribution in [0.2, 0.25) is 0 Å². The summed E-state index contributed by atoms with van der Waals surface area (Å²) in [4.78, 5) is 30.3. The monoisotopic (exact) mass is 423 g/mol. The van der Waals surface area contributed by atoms with E-state index in [4.69, 9.17) is 0 Å². The van der Waals surface area contributed by atoms with Crippen LogP contribution in [0, 0.1) is 18.8 Å². The molecule has 0 aromatic carbocycles. The summed E-state index contributed by atoms with van der Waals surface area (Å²) >= 11 is 1.64. The average molecular weight is 424 g/mol. The van der Waals surface area contributed by atoms with Crippen molar-refractivity contribution in [1.29, 1.82) is 0 Å². The third kappa shape index (κ3) is 3.92. The first kappa shape index (κ1) is 20.4. The van der Waals surface area contributed by atoms with Crippen LogP contribution in [-0.2, 0) is 16.0 Å². The number of pyridine rings is 1. The Morgan fingerprint density at radius 2 is 2.17 bits per heavy atom. The van der Waals surface area contributed by atoms with Gasteiger partial charge in [-0.15, -0.1) is 10.2 Å². The summed E-state index contributed by atoms with van der Waals surface area (Å²) in [6.07, 6.45) is 9.53. The molecule has 1 N–H and O–H groups in total. The summed E-state index contributed by atoms with van der Waals surface area (Å²) in [5.41, 5.74) is 3.17. The van der Waals surface area contributed by atoms with Gasteiger partial charge in [0.25, 0.3) is 0 Å². The van der Waals surface area contributed by atoms with Gasteiger partial charge in [-0.25, -0.2) is 4.98 Å². The Bertz CT molecular complexity index is 1060. The number of nitrogens with zero attached hydrogens (tertiary/aromatic N) is 4. The number of rotatable bonds is 3. The minimum absolute atomic E-state index is 0. The first-order valence-electron chi connectivity index (χ1n) is 9.82. The fourth-order valence-electron chi connectivity index (χ4n) is 4.31. The molecule has 2 aromatic rings. The number of hydrogen-bond acceptors (Lipinski definition) is 6. The number of allylic oxidation sites excluding steroid dienone is 1. The fourth-order valence-corrected chi connectivity index (χ4v) is 5.04. The summed E-state index contributed by atoms with van der Waals surface area (Å²) in [5, 5.41) is 13.1. The molecule has 2 unspecified atom stereocenters. The molecule has 0 saturated carbocycles. The summed E-state index contributed by atoms with van der Waals surface area (Å²) in [6, 6.07) is 1.99. The smallest absolute Gasteiger partial charge is 0.246 e. The van der Waals surface area contributed by atoms with Gasteiger partial charge in [0.2, 0.25) is 11.8 Å². The molecule has 156 valence electrons. The van der Waals surface area contributed by atoms with Crippen molar-refractivity contribution in [2.45, 2.75) is 33.6 Å². The van der Waals surface area contributed by atoms with Crippen LogP contribution in [-0.4, -0.2) is 45.0 Å². The molecule has 3 aliphatic rings. The number of likely N-dealkylation sites (tertiary alicyclic amines) is 1. The van der Waals surface area contributed by atoms with Gasteiger partial charge >= 0.3 is 0 Å². The summed E-state index contributed by atoms with van der Waals surface area (Å²) in [5.74, 6) is 1.54. The van der Waals surface area contributed by atoms with Crippen LogP contribution in [0.25, 0.3) is 11.6 Å². The maximum absolute atomic E-state index is 12.7. The van der Waals surface area contributed by atoms with E-state index in [1.54, 1.807) is 23.6 Å². The van der Waals surface area contributed by atoms with Gasteiger partial charge in [0.1, 0.15) is 15.8 Å². The lowest BCUT2D eigenvalue weighted by Gasteiger charge is -2.16. The molecule has 5 rings (SSSR count). The highest BCUT2D eigenvalue weighted by Crippen LogP contribution is 2.41. The molecule has 2 aliphatic heterocycles. The van der Waals surface area contributed by atoms with Crippen LogP contribution >= 0.6 is 11.3 Å². The van der Waals surface area contributed by atoms with Crippen LogP contribution < -0.4 is 5.32 Å². The van der Waals surface area contributed by atoms with Crippen molar-refractivity contribution in [2.75, 3.05) is 18.4 Å². The number of fused-ring (bicyclic) bond motifs is 2. The predicted octanol–water partition coefficient (Wildman–Crippen LogP) is 3.34. The molecular weight excluding hydrogens is 398 g/mol. The second kappa shape index (κ2) is 8.10. The summed E-state index contributed by atoms with van der Waals surface area (Å²) < 4.78 is 0. The molecule has 4 heterocycles. The van der Waals surface area contributed by atoms with E-state index in [2.05, 4.69) is 26.6 Å². The zero-order valence-corrected chi connectivity index (χ0v) is 16.9. The summed E-state index contributed by atoms with van der Waals surface area (Å²) in [7, 11) is 0. The van der Waals surface area contributed by atoms with E-state index in [9.17, 15) is 9.59 Å². The Balaban J connectivity index is 0.00000218. The van der Waals surface area contributed by atoms with E-state index < -0.39 is 0 Å². The molecule has 2 atom stereocenters. The lowest BCUT2D eigenvalue weighted by molar-refractivity contribution is -0.125. The van der Waals surface area contributed by atoms with Gasteiger partial charge in [0.05, 0.1) is 0 Å². The standard InChI is InChI=1S/C21H21N5O2S.CH4/c1-12-24-25-21(29-12)15-7-16-10-26(11-17(16)8-15)19(28)5-2-13-6-14-3-4-18(27)23-20(14)22-9-13;/h2,5-7,9,16-17H,3-4,8,10-11H2,1H3,(H,22,23,27);1H4/b5-2+;. The molecule has 7 nitrogen and oxygen atoms in total. The van der Waals surface area contributed by atoms with E-state index in [0.717, 1.165) is 40.7 Å². The number of aromatic nitrogens is 3. The Morgan fingerprint density at radius 3 is 2.93 bits per heavy atom. The third-order valence-electron chi connectivity index (χ3n) is 5.79. The molecule has 2 amide bonds. The Labute approximate surface area is 179 Å². The van der Waals surface area contributed by atoms with Gasteiger partial charge in [-0.05, 0) is 60.4 Å². The average Bonchev–Trinajstić information content (AvgIpc) is 3.40. The number of carbonyl (C=O) groups excluding carboxylic acids is 2. The highest BCUT2D eigenvalue weighted by Gasteiger charge is 2.38. The highest BCUT2D eigenvalue weighted by molar-refractivity contribution is 7.12. The van der Waals surface area contributed by atoms with Gasteiger partial charge in [0, 0.05) is 31.8 Å². The zero-order valence-electron chi connectivity index (χ0n) is 16.1. The number of nitrogens with one attached hydrogen (secondary N) is 1. The molecule has 8 heteroatoms. The molecule has 0 radical (unpaired) electrons. The molecule has 2 aromatic heterocycles. The van der Waals surface area contributed by atoms with Crippen molar-refractivity contribution in [1.82, 2.24) is 20.1 Å². The van der Waals surface area contributed by atoms with Crippen LogP contribution in [0.4, 0.5) is 5.82 Å². The van der Waals surface area contributed by atoms with Gasteiger partial charge in [-0.1, -0.05) is 24.8 Å². The van der Waals surface area contributed by atoms with Gasteiger partial charge in [0.15, 0.2) is 0 Å². The van der Waals surface area contributed by atoms with Crippen molar-refractivity contribution in [2.24, 2.45) is 11.8 Å². The van der Waals surface area contributed by atoms with Crippen molar-refractivity contribution in [3.63, 3.8) is 0 Å².